The molecule has 0 aromatic heterocycles. The molecule has 1 aliphatic heterocycles. The van der Waals surface area contributed by atoms with Gasteiger partial charge in [-0.3, -0.25) is 28.5 Å². The van der Waals surface area contributed by atoms with Gasteiger partial charge in [-0.25, -0.2) is 4.79 Å². The summed E-state index contributed by atoms with van der Waals surface area (Å²) < 4.78 is 56.8. The minimum Gasteiger partial charge on any atom is -0.465 e. The van der Waals surface area contributed by atoms with Crippen LogP contribution in [0.15, 0.2) is 60.7 Å². The van der Waals surface area contributed by atoms with Crippen LogP contribution >= 0.6 is 8.60 Å². The number of hydrogen-bond acceptors (Lipinski definition) is 16. The van der Waals surface area contributed by atoms with E-state index in [1.807, 2.05) is 12.1 Å². The highest BCUT2D eigenvalue weighted by molar-refractivity contribution is 7.41. The van der Waals surface area contributed by atoms with Crippen molar-refractivity contribution in [1.82, 2.24) is 0 Å². The number of methoxy groups -OCH3 is 1. The maximum absolute atomic E-state index is 13.8. The zero-order chi connectivity index (χ0) is 37.6. The van der Waals surface area contributed by atoms with Gasteiger partial charge in [0.1, 0.15) is 18.8 Å². The lowest BCUT2D eigenvalue weighted by molar-refractivity contribution is -0.311. The van der Waals surface area contributed by atoms with Crippen LogP contribution in [0.2, 0.25) is 0 Å². The van der Waals surface area contributed by atoms with Crippen molar-refractivity contribution in [2.45, 2.75) is 90.6 Å². The Bertz CT molecular complexity index is 1440. The molecular weight excluding hydrogens is 695 g/mol. The van der Waals surface area contributed by atoms with E-state index >= 15 is 0 Å². The molecule has 1 aliphatic rings. The zero-order valence-corrected chi connectivity index (χ0v) is 29.9. The maximum Gasteiger partial charge on any atom is 0.367 e. The fourth-order valence-corrected chi connectivity index (χ4v) is 6.11. The molecule has 278 valence electrons. The topological polar surface area (TPSA) is 195 Å². The summed E-state index contributed by atoms with van der Waals surface area (Å²) in [6, 6.07) is 18.0. The SMILES string of the molecule is COC(=O)C1(OP(OCc2ccccc2)OCc2ccccc2)CC(OC(C)=O)C(OC(C)=O)C([C@H](OC(C)=O)[C@@H](COC(C)=O)OC(C)=O)O1. The van der Waals surface area contributed by atoms with Crippen molar-refractivity contribution in [1.29, 1.82) is 0 Å². The van der Waals surface area contributed by atoms with Crippen LogP contribution in [0.25, 0.3) is 0 Å². The summed E-state index contributed by atoms with van der Waals surface area (Å²) in [5.74, 6) is -8.09. The van der Waals surface area contributed by atoms with Gasteiger partial charge in [-0.2, -0.15) is 0 Å². The molecule has 0 saturated carbocycles. The van der Waals surface area contributed by atoms with Gasteiger partial charge < -0.3 is 42.2 Å². The minimum absolute atomic E-state index is 0.0432. The Morgan fingerprint density at radius 2 is 1.27 bits per heavy atom. The van der Waals surface area contributed by atoms with Crippen molar-refractivity contribution in [3.8, 4) is 0 Å². The molecule has 1 saturated heterocycles. The van der Waals surface area contributed by atoms with Gasteiger partial charge in [0.2, 0.25) is 0 Å². The van der Waals surface area contributed by atoms with Gasteiger partial charge in [-0.05, 0) is 11.1 Å². The third-order valence-electron chi connectivity index (χ3n) is 6.94. The van der Waals surface area contributed by atoms with Crippen molar-refractivity contribution < 1.29 is 75.5 Å². The van der Waals surface area contributed by atoms with Crippen molar-refractivity contribution in [3.05, 3.63) is 71.8 Å². The molecule has 17 heteroatoms. The molecule has 1 heterocycles. The molecule has 4 unspecified atom stereocenters. The molecule has 16 nitrogen and oxygen atoms in total. The molecule has 0 radical (unpaired) electrons. The van der Waals surface area contributed by atoms with Crippen LogP contribution in [-0.2, 0) is 88.7 Å². The Morgan fingerprint density at radius 3 is 1.73 bits per heavy atom. The first-order valence-electron chi connectivity index (χ1n) is 15.6. The van der Waals surface area contributed by atoms with Crippen LogP contribution in [0.1, 0.15) is 52.2 Å². The summed E-state index contributed by atoms with van der Waals surface area (Å²) in [4.78, 5) is 75.2. The minimum atomic E-state index is -2.56. The first kappa shape index (κ1) is 41.0. The Kier molecular flexibility index (Phi) is 15.9. The van der Waals surface area contributed by atoms with Crippen molar-refractivity contribution >= 4 is 44.4 Å². The number of hydrogen-bond donors (Lipinski definition) is 0. The van der Waals surface area contributed by atoms with E-state index in [1.165, 1.54) is 0 Å². The molecule has 0 amide bonds. The first-order valence-corrected chi connectivity index (χ1v) is 16.7. The fourth-order valence-electron chi connectivity index (χ4n) is 4.99. The second kappa shape index (κ2) is 19.8. The standard InChI is InChI=1S/C34H41O16P/c1-21(35)42-20-29(46-23(3)37)31(48-25(5)39)32-30(47-24(4)38)28(45-22(2)36)17-34(49-32,33(40)41-6)50-51(43-18-26-13-9-7-10-14-26)44-19-27-15-11-8-12-16-27/h7-16,28-32H,17-20H2,1-6H3/t28?,29-,30?,31-,32?,34?/m1/s1. The van der Waals surface area contributed by atoms with E-state index in [-0.39, 0.29) is 13.2 Å². The summed E-state index contributed by atoms with van der Waals surface area (Å²) in [5, 5.41) is 0. The van der Waals surface area contributed by atoms with Crippen molar-refractivity contribution in [2.75, 3.05) is 13.7 Å². The van der Waals surface area contributed by atoms with Gasteiger partial charge in [0.15, 0.2) is 18.3 Å². The van der Waals surface area contributed by atoms with Crippen LogP contribution < -0.4 is 0 Å². The molecule has 3 rings (SSSR count). The molecule has 0 N–H and O–H groups in total. The van der Waals surface area contributed by atoms with E-state index in [2.05, 4.69) is 0 Å². The van der Waals surface area contributed by atoms with Crippen molar-refractivity contribution in [3.63, 3.8) is 0 Å². The van der Waals surface area contributed by atoms with E-state index in [0.29, 0.717) is 0 Å². The predicted octanol–water partition coefficient (Wildman–Crippen LogP) is 3.61. The molecule has 0 bridgehead atoms. The molecule has 2 aromatic carbocycles. The molecule has 0 spiro atoms. The lowest BCUT2D eigenvalue weighted by Crippen LogP contribution is -2.66. The molecule has 1 fully saturated rings. The molecule has 0 aliphatic carbocycles. The normalized spacial score (nSPS) is 21.0. The number of esters is 6. The van der Waals surface area contributed by atoms with Gasteiger partial charge in [0, 0.05) is 34.6 Å². The average Bonchev–Trinajstić information content (AvgIpc) is 3.07. The third-order valence-corrected chi connectivity index (χ3v) is 8.07. The Labute approximate surface area is 295 Å². The smallest absolute Gasteiger partial charge is 0.367 e. The molecule has 6 atom stereocenters. The lowest BCUT2D eigenvalue weighted by Gasteiger charge is -2.47. The highest BCUT2D eigenvalue weighted by Crippen LogP contribution is 2.50. The molecule has 2 aromatic rings. The van der Waals surface area contributed by atoms with Crippen molar-refractivity contribution in [2.24, 2.45) is 0 Å². The van der Waals surface area contributed by atoms with Gasteiger partial charge in [-0.15, -0.1) is 0 Å². The van der Waals surface area contributed by atoms with Gasteiger partial charge in [-0.1, -0.05) is 60.7 Å². The largest absolute Gasteiger partial charge is 0.465 e. The summed E-state index contributed by atoms with van der Waals surface area (Å²) in [7, 11) is -1.49. The quantitative estimate of drug-likeness (QED) is 0.130. The number of carbonyl (C=O) groups is 6. The van der Waals surface area contributed by atoms with Crippen LogP contribution in [0.4, 0.5) is 0 Å². The van der Waals surface area contributed by atoms with Crippen LogP contribution in [0, 0.1) is 0 Å². The van der Waals surface area contributed by atoms with Gasteiger partial charge >= 0.3 is 44.4 Å². The van der Waals surface area contributed by atoms with Crippen LogP contribution in [0.3, 0.4) is 0 Å². The second-order valence-corrected chi connectivity index (χ2v) is 12.3. The fraction of sp³-hybridized carbons (Fsp3) is 0.471. The predicted molar refractivity (Wildman–Crippen MR) is 174 cm³/mol. The first-order chi connectivity index (χ1) is 24.2. The molecular formula is C34H41O16P. The highest BCUT2D eigenvalue weighted by atomic mass is 31.2. The average molecular weight is 737 g/mol. The summed E-state index contributed by atoms with van der Waals surface area (Å²) in [6.07, 6.45) is -8.98. The van der Waals surface area contributed by atoms with E-state index in [1.54, 1.807) is 48.5 Å². The van der Waals surface area contributed by atoms with E-state index in [4.69, 9.17) is 46.7 Å². The molecule has 51 heavy (non-hydrogen) atoms. The van der Waals surface area contributed by atoms with E-state index < -0.39 is 93.8 Å². The van der Waals surface area contributed by atoms with E-state index in [0.717, 1.165) is 52.9 Å². The summed E-state index contributed by atoms with van der Waals surface area (Å²) in [6.45, 7) is 4.52. The van der Waals surface area contributed by atoms with Crippen LogP contribution in [-0.4, -0.2) is 85.8 Å². The third kappa shape index (κ3) is 13.0. The number of benzene rings is 2. The highest BCUT2D eigenvalue weighted by Gasteiger charge is 2.61. The second-order valence-electron chi connectivity index (χ2n) is 11.1. The number of rotatable bonds is 17. The summed E-state index contributed by atoms with van der Waals surface area (Å²) in [5.41, 5.74) is 1.45. The Hall–Kier alpha value is -4.47. The maximum atomic E-state index is 13.8. The van der Waals surface area contributed by atoms with Gasteiger partial charge in [0.25, 0.3) is 5.79 Å². The number of carbonyl (C=O) groups excluding carboxylic acids is 6. The zero-order valence-electron chi connectivity index (χ0n) is 29.0. The van der Waals surface area contributed by atoms with Gasteiger partial charge in [0.05, 0.1) is 26.7 Å². The van der Waals surface area contributed by atoms with E-state index in [9.17, 15) is 28.8 Å². The van der Waals surface area contributed by atoms with Crippen LogP contribution in [0.5, 0.6) is 0 Å². The summed E-state index contributed by atoms with van der Waals surface area (Å²) >= 11 is 0. The Balaban J connectivity index is 2.17. The monoisotopic (exact) mass is 736 g/mol. The Morgan fingerprint density at radius 1 is 0.745 bits per heavy atom. The lowest BCUT2D eigenvalue weighted by atomic mass is 9.90. The number of ether oxygens (including phenoxy) is 7.